The summed E-state index contributed by atoms with van der Waals surface area (Å²) in [5, 5.41) is 0. The van der Waals surface area contributed by atoms with E-state index in [0.29, 0.717) is 31.4 Å². The summed E-state index contributed by atoms with van der Waals surface area (Å²) in [7, 11) is 0. The van der Waals surface area contributed by atoms with Crippen molar-refractivity contribution in [1.82, 2.24) is 4.90 Å². The Hall–Kier alpha value is -1.68. The highest BCUT2D eigenvalue weighted by molar-refractivity contribution is 5.33. The van der Waals surface area contributed by atoms with Crippen molar-refractivity contribution in [2.24, 2.45) is 11.1 Å². The van der Waals surface area contributed by atoms with E-state index in [1.54, 1.807) is 6.92 Å². The zero-order valence-electron chi connectivity index (χ0n) is 17.7. The predicted octanol–water partition coefficient (Wildman–Crippen LogP) is 5.58. The van der Waals surface area contributed by atoms with E-state index in [9.17, 15) is 8.78 Å². The molecule has 0 radical (unpaired) electrons. The third-order valence-electron chi connectivity index (χ3n) is 8.00. The number of nitrogens with two attached hydrogens (primary N) is 1. The molecule has 0 amide bonds. The lowest BCUT2D eigenvalue weighted by atomic mass is 9.51. The van der Waals surface area contributed by atoms with Crippen molar-refractivity contribution >= 4 is 0 Å². The average molecular weight is 401 g/mol. The van der Waals surface area contributed by atoms with Gasteiger partial charge in [-0.3, -0.25) is 0 Å². The Balaban J connectivity index is 1.39. The maximum atomic E-state index is 14.0. The zero-order chi connectivity index (χ0) is 20.7. The maximum absolute atomic E-state index is 14.0. The standard InChI is InChI=1S/C25H34F2N2/c1-19(29-17-23(2,27)18-29)24-9-12-25(13-10-24,14-11-24)22-7-5-20(6-8-22)3-4-21(15-26)16-28/h5-8,15H,1,3-4,9-14,16-18,28H2,2H3/b21-15-. The minimum Gasteiger partial charge on any atom is -0.368 e. The molecule has 1 aliphatic heterocycles. The van der Waals surface area contributed by atoms with Crippen molar-refractivity contribution in [2.75, 3.05) is 19.6 Å². The molecule has 2 nitrogen and oxygen atoms in total. The van der Waals surface area contributed by atoms with E-state index in [4.69, 9.17) is 5.73 Å². The summed E-state index contributed by atoms with van der Waals surface area (Å²) in [5.41, 5.74) is 9.51. The number of allylic oxidation sites excluding steroid dienone is 1. The average Bonchev–Trinajstić information content (AvgIpc) is 2.74. The first-order valence-corrected chi connectivity index (χ1v) is 11.0. The molecule has 1 heterocycles. The number of halogens is 2. The number of aryl methyl sites for hydroxylation is 1. The molecular weight excluding hydrogens is 366 g/mol. The van der Waals surface area contributed by atoms with E-state index in [1.807, 2.05) is 0 Å². The molecule has 5 rings (SSSR count). The van der Waals surface area contributed by atoms with Gasteiger partial charge in [-0.2, -0.15) is 0 Å². The van der Waals surface area contributed by atoms with Crippen LogP contribution in [0.15, 0.2) is 48.4 Å². The second-order valence-electron chi connectivity index (χ2n) is 9.95. The van der Waals surface area contributed by atoms with E-state index in [2.05, 4.69) is 35.7 Å². The van der Waals surface area contributed by atoms with E-state index >= 15 is 0 Å². The molecule has 2 bridgehead atoms. The highest BCUT2D eigenvalue weighted by atomic mass is 19.1. The van der Waals surface area contributed by atoms with Crippen molar-refractivity contribution in [3.05, 3.63) is 59.6 Å². The van der Waals surface area contributed by atoms with Gasteiger partial charge in [0.05, 0.1) is 19.4 Å². The summed E-state index contributed by atoms with van der Waals surface area (Å²) in [5.74, 6) is 0. The molecule has 0 aromatic heterocycles. The van der Waals surface area contributed by atoms with Gasteiger partial charge in [0.15, 0.2) is 0 Å². The summed E-state index contributed by atoms with van der Waals surface area (Å²) in [6.45, 7) is 7.39. The number of benzene rings is 1. The van der Waals surface area contributed by atoms with Gasteiger partial charge in [0.25, 0.3) is 0 Å². The van der Waals surface area contributed by atoms with Crippen LogP contribution in [0.4, 0.5) is 8.78 Å². The molecule has 1 saturated heterocycles. The van der Waals surface area contributed by atoms with E-state index in [0.717, 1.165) is 25.7 Å². The van der Waals surface area contributed by atoms with Crippen LogP contribution >= 0.6 is 0 Å². The van der Waals surface area contributed by atoms with Crippen LogP contribution in [-0.4, -0.2) is 30.2 Å². The van der Waals surface area contributed by atoms with Gasteiger partial charge in [-0.05, 0) is 80.4 Å². The lowest BCUT2D eigenvalue weighted by Crippen LogP contribution is -2.59. The van der Waals surface area contributed by atoms with Crippen LogP contribution in [0.3, 0.4) is 0 Å². The van der Waals surface area contributed by atoms with E-state index in [1.165, 1.54) is 36.1 Å². The third kappa shape index (κ3) is 3.76. The second-order valence-corrected chi connectivity index (χ2v) is 9.95. The van der Waals surface area contributed by atoms with E-state index < -0.39 is 5.67 Å². The fourth-order valence-corrected chi connectivity index (χ4v) is 5.86. The summed E-state index contributed by atoms with van der Waals surface area (Å²) >= 11 is 0. The SMILES string of the molecule is C=C(N1CC(C)(F)C1)C12CCC(c3ccc(CC/C(=C/F)CN)cc3)(CC1)CC2. The molecule has 1 aromatic rings. The second kappa shape index (κ2) is 7.54. The van der Waals surface area contributed by atoms with Gasteiger partial charge >= 0.3 is 0 Å². The highest BCUT2D eigenvalue weighted by Gasteiger charge is 2.53. The van der Waals surface area contributed by atoms with Gasteiger partial charge in [-0.1, -0.05) is 30.8 Å². The van der Waals surface area contributed by atoms with Crippen LogP contribution in [-0.2, 0) is 11.8 Å². The zero-order valence-corrected chi connectivity index (χ0v) is 17.7. The Labute approximate surface area is 173 Å². The number of hydrogen-bond acceptors (Lipinski definition) is 2. The Morgan fingerprint density at radius 3 is 2.17 bits per heavy atom. The van der Waals surface area contributed by atoms with Crippen molar-refractivity contribution in [1.29, 1.82) is 0 Å². The Kier molecular flexibility index (Phi) is 5.35. The minimum atomic E-state index is -1.04. The molecule has 4 fully saturated rings. The molecule has 0 spiro atoms. The molecule has 3 saturated carbocycles. The largest absolute Gasteiger partial charge is 0.368 e. The van der Waals surface area contributed by atoms with Crippen LogP contribution in [0.1, 0.15) is 63.0 Å². The number of fused-ring (bicyclic) bond motifs is 3. The summed E-state index contributed by atoms with van der Waals surface area (Å²) in [6.07, 6.45) is 9.20. The number of rotatable bonds is 7. The fourth-order valence-electron chi connectivity index (χ4n) is 5.86. The molecule has 3 aliphatic carbocycles. The van der Waals surface area contributed by atoms with Crippen LogP contribution in [0.25, 0.3) is 0 Å². The van der Waals surface area contributed by atoms with Gasteiger partial charge in [-0.15, -0.1) is 0 Å². The van der Waals surface area contributed by atoms with Crippen molar-refractivity contribution in [3.63, 3.8) is 0 Å². The molecule has 4 aliphatic rings. The van der Waals surface area contributed by atoms with Gasteiger partial charge in [-0.25, -0.2) is 8.78 Å². The fraction of sp³-hybridized carbons (Fsp3) is 0.600. The first kappa shape index (κ1) is 20.6. The normalized spacial score (nSPS) is 30.9. The summed E-state index contributed by atoms with van der Waals surface area (Å²) in [4.78, 5) is 2.18. The van der Waals surface area contributed by atoms with Gasteiger partial charge in [0, 0.05) is 17.7 Å². The molecule has 4 heteroatoms. The highest BCUT2D eigenvalue weighted by Crippen LogP contribution is 2.61. The van der Waals surface area contributed by atoms with Crippen LogP contribution < -0.4 is 5.73 Å². The summed E-state index contributed by atoms with van der Waals surface area (Å²) < 4.78 is 26.7. The Morgan fingerprint density at radius 2 is 1.69 bits per heavy atom. The van der Waals surface area contributed by atoms with Gasteiger partial charge in [0.2, 0.25) is 0 Å². The minimum absolute atomic E-state index is 0.190. The molecule has 0 atom stereocenters. The van der Waals surface area contributed by atoms with Crippen LogP contribution in [0, 0.1) is 5.41 Å². The number of nitrogens with zero attached hydrogens (tertiary/aromatic N) is 1. The number of likely N-dealkylation sites (tertiary alicyclic amines) is 1. The molecule has 29 heavy (non-hydrogen) atoms. The third-order valence-corrected chi connectivity index (χ3v) is 8.00. The first-order valence-electron chi connectivity index (χ1n) is 11.0. The molecule has 2 N–H and O–H groups in total. The maximum Gasteiger partial charge on any atom is 0.142 e. The van der Waals surface area contributed by atoms with Gasteiger partial charge in [0.1, 0.15) is 5.67 Å². The molecule has 1 aromatic carbocycles. The molecule has 158 valence electrons. The lowest BCUT2D eigenvalue weighted by molar-refractivity contribution is -0.0326. The van der Waals surface area contributed by atoms with Crippen molar-refractivity contribution < 1.29 is 8.78 Å². The van der Waals surface area contributed by atoms with Crippen molar-refractivity contribution in [3.8, 4) is 0 Å². The lowest BCUT2D eigenvalue weighted by Gasteiger charge is -2.58. The Bertz CT molecular complexity index is 761. The number of hydrogen-bond donors (Lipinski definition) is 1. The quantitative estimate of drug-likeness (QED) is 0.647. The monoisotopic (exact) mass is 400 g/mol. The molecule has 0 unspecified atom stereocenters. The first-order chi connectivity index (χ1) is 13.8. The van der Waals surface area contributed by atoms with Gasteiger partial charge < -0.3 is 10.6 Å². The van der Waals surface area contributed by atoms with Crippen LogP contribution in [0.5, 0.6) is 0 Å². The smallest absolute Gasteiger partial charge is 0.142 e. The number of alkyl halides is 1. The summed E-state index contributed by atoms with van der Waals surface area (Å²) in [6, 6.07) is 8.98. The van der Waals surface area contributed by atoms with Crippen molar-refractivity contribution in [2.45, 2.75) is 69.4 Å². The van der Waals surface area contributed by atoms with Crippen LogP contribution in [0.2, 0.25) is 0 Å². The Morgan fingerprint density at radius 1 is 1.10 bits per heavy atom. The van der Waals surface area contributed by atoms with E-state index in [-0.39, 0.29) is 17.4 Å². The topological polar surface area (TPSA) is 29.3 Å². The molecular formula is C25H34F2N2. The predicted molar refractivity (Wildman–Crippen MR) is 115 cm³/mol.